The topological polar surface area (TPSA) is 56.5 Å². The van der Waals surface area contributed by atoms with Gasteiger partial charge >= 0.3 is 0 Å². The van der Waals surface area contributed by atoms with Gasteiger partial charge in [0, 0.05) is 33.7 Å². The molecule has 0 aliphatic carbocycles. The highest BCUT2D eigenvalue weighted by Crippen LogP contribution is 2.35. The molecule has 0 fully saturated rings. The fourth-order valence-corrected chi connectivity index (χ4v) is 6.97. The number of aromatic nitrogens is 5. The summed E-state index contributed by atoms with van der Waals surface area (Å²) < 4.78 is 2.25. The largest absolute Gasteiger partial charge is 0.294 e. The molecule has 0 saturated heterocycles. The zero-order valence-electron chi connectivity index (χ0n) is 26.3. The van der Waals surface area contributed by atoms with Crippen LogP contribution in [0.1, 0.15) is 0 Å². The maximum atomic E-state index is 5.03. The van der Waals surface area contributed by atoms with Gasteiger partial charge in [0.1, 0.15) is 5.82 Å². The van der Waals surface area contributed by atoms with Crippen LogP contribution in [0.2, 0.25) is 0 Å². The molecule has 0 bridgehead atoms. The summed E-state index contributed by atoms with van der Waals surface area (Å²) in [7, 11) is 0. The van der Waals surface area contributed by atoms with E-state index >= 15 is 0 Å². The van der Waals surface area contributed by atoms with Crippen LogP contribution in [0.3, 0.4) is 0 Å². The predicted molar refractivity (Wildman–Crippen MR) is 201 cm³/mol. The van der Waals surface area contributed by atoms with Crippen LogP contribution in [-0.2, 0) is 0 Å². The molecule has 5 heteroatoms. The highest BCUT2D eigenvalue weighted by Gasteiger charge is 2.16. The lowest BCUT2D eigenvalue weighted by molar-refractivity contribution is 1.05. The van der Waals surface area contributed by atoms with Crippen LogP contribution in [0.25, 0.3) is 94.1 Å². The fourth-order valence-electron chi connectivity index (χ4n) is 6.97. The van der Waals surface area contributed by atoms with Crippen molar-refractivity contribution in [2.45, 2.75) is 0 Å². The summed E-state index contributed by atoms with van der Waals surface area (Å²) in [6, 6.07) is 55.1. The van der Waals surface area contributed by atoms with Gasteiger partial charge in [0.05, 0.1) is 11.0 Å². The van der Waals surface area contributed by atoms with Gasteiger partial charge in [0.2, 0.25) is 0 Å². The Morgan fingerprint density at radius 3 is 1.43 bits per heavy atom. The number of benzene rings is 7. The van der Waals surface area contributed by atoms with Crippen molar-refractivity contribution >= 4 is 54.1 Å². The van der Waals surface area contributed by atoms with Crippen molar-refractivity contribution < 1.29 is 0 Å². The van der Waals surface area contributed by atoms with E-state index in [9.17, 15) is 0 Å². The first-order chi connectivity index (χ1) is 24.2. The Morgan fingerprint density at radius 1 is 0.347 bits per heavy atom. The predicted octanol–water partition coefficient (Wildman–Crippen LogP) is 10.8. The maximum Gasteiger partial charge on any atom is 0.165 e. The molecule has 0 unspecified atom stereocenters. The van der Waals surface area contributed by atoms with Crippen LogP contribution in [0.5, 0.6) is 0 Å². The van der Waals surface area contributed by atoms with Crippen molar-refractivity contribution in [3.8, 4) is 40.0 Å². The normalized spacial score (nSPS) is 11.7. The summed E-state index contributed by atoms with van der Waals surface area (Å²) in [4.78, 5) is 20.1. The van der Waals surface area contributed by atoms with E-state index in [-0.39, 0.29) is 0 Å². The summed E-state index contributed by atoms with van der Waals surface area (Å²) in [6.07, 6.45) is 1.88. The molecular formula is C44H27N5. The van der Waals surface area contributed by atoms with E-state index in [1.54, 1.807) is 0 Å². The molecule has 10 rings (SSSR count). The third-order valence-corrected chi connectivity index (χ3v) is 9.43. The molecule has 228 valence electrons. The number of para-hydroxylation sites is 1. The van der Waals surface area contributed by atoms with Crippen molar-refractivity contribution in [2.24, 2.45) is 0 Å². The van der Waals surface area contributed by atoms with E-state index in [4.69, 9.17) is 19.9 Å². The first-order valence-corrected chi connectivity index (χ1v) is 16.4. The molecule has 0 aliphatic rings. The number of pyridine rings is 1. The first kappa shape index (κ1) is 27.4. The summed E-state index contributed by atoms with van der Waals surface area (Å²) in [5.74, 6) is 2.66. The minimum Gasteiger partial charge on any atom is -0.294 e. The van der Waals surface area contributed by atoms with Crippen LogP contribution in [-0.4, -0.2) is 24.5 Å². The number of rotatable bonds is 4. The molecular weight excluding hydrogens is 599 g/mol. The fraction of sp³-hybridized carbons (Fsp3) is 0. The smallest absolute Gasteiger partial charge is 0.165 e. The molecule has 0 spiro atoms. The van der Waals surface area contributed by atoms with Gasteiger partial charge in [0.25, 0.3) is 0 Å². The van der Waals surface area contributed by atoms with Crippen LogP contribution in [0.4, 0.5) is 0 Å². The Labute approximate surface area is 281 Å². The molecule has 0 aliphatic heterocycles. The molecule has 3 heterocycles. The van der Waals surface area contributed by atoms with E-state index in [2.05, 4.69) is 162 Å². The van der Waals surface area contributed by atoms with Crippen molar-refractivity contribution in [1.29, 1.82) is 0 Å². The first-order valence-electron chi connectivity index (χ1n) is 16.4. The van der Waals surface area contributed by atoms with E-state index in [0.717, 1.165) is 44.3 Å². The second kappa shape index (κ2) is 10.9. The van der Waals surface area contributed by atoms with Gasteiger partial charge < -0.3 is 0 Å². The monoisotopic (exact) mass is 625 g/mol. The molecule has 5 nitrogen and oxygen atoms in total. The molecule has 0 radical (unpaired) electrons. The average molecular weight is 626 g/mol. The lowest BCUT2D eigenvalue weighted by atomic mass is 10.1. The standard InChI is InChI=1S/C44H27N5/c1-3-11-30-23-34(19-17-28(30)9-1)42-46-43(35-20-18-29-10-2-4-12-31(29)24-35)48-44(47-42)36-21-22-41(45-27-36)49-39-16-8-7-15-37(39)38-25-32-13-5-6-14-33(32)26-40(38)49/h1-27H. The average Bonchev–Trinajstić information content (AvgIpc) is 3.49. The Kier molecular flexibility index (Phi) is 6.11. The van der Waals surface area contributed by atoms with E-state index in [1.165, 1.54) is 32.3 Å². The van der Waals surface area contributed by atoms with Crippen molar-refractivity contribution in [2.75, 3.05) is 0 Å². The molecule has 10 aromatic rings. The SMILES string of the molecule is c1ccc2cc(-c3nc(-c4ccc(-n5c6ccccc6c6cc7ccccc7cc65)nc4)nc(-c4ccc5ccccc5c4)n3)ccc2c1. The Morgan fingerprint density at radius 2 is 0.837 bits per heavy atom. The zero-order chi connectivity index (χ0) is 32.3. The summed E-state index contributed by atoms with van der Waals surface area (Å²) in [6.45, 7) is 0. The third-order valence-electron chi connectivity index (χ3n) is 9.43. The van der Waals surface area contributed by atoms with Crippen LogP contribution in [0.15, 0.2) is 164 Å². The minimum absolute atomic E-state index is 0.577. The van der Waals surface area contributed by atoms with E-state index in [0.29, 0.717) is 17.5 Å². The molecule has 0 amide bonds. The molecule has 0 saturated carbocycles. The van der Waals surface area contributed by atoms with E-state index in [1.807, 2.05) is 6.20 Å². The van der Waals surface area contributed by atoms with Crippen molar-refractivity contribution in [1.82, 2.24) is 24.5 Å². The van der Waals surface area contributed by atoms with Gasteiger partial charge in [-0.25, -0.2) is 19.9 Å². The van der Waals surface area contributed by atoms with Crippen molar-refractivity contribution in [3.05, 3.63) is 164 Å². The van der Waals surface area contributed by atoms with Gasteiger partial charge in [-0.2, -0.15) is 0 Å². The highest BCUT2D eigenvalue weighted by atomic mass is 15.1. The molecule has 0 N–H and O–H groups in total. The second-order valence-corrected chi connectivity index (χ2v) is 12.4. The zero-order valence-corrected chi connectivity index (χ0v) is 26.3. The Hall–Kier alpha value is -6.72. The van der Waals surface area contributed by atoms with Gasteiger partial charge in [-0.1, -0.05) is 115 Å². The lowest BCUT2D eigenvalue weighted by Crippen LogP contribution is -2.02. The molecule has 0 atom stereocenters. The van der Waals surface area contributed by atoms with Crippen LogP contribution in [0, 0.1) is 0 Å². The second-order valence-electron chi connectivity index (χ2n) is 12.4. The summed E-state index contributed by atoms with van der Waals surface area (Å²) in [5, 5.41) is 9.45. The maximum absolute atomic E-state index is 5.03. The van der Waals surface area contributed by atoms with Gasteiger partial charge in [-0.15, -0.1) is 0 Å². The minimum atomic E-state index is 0.577. The van der Waals surface area contributed by atoms with Gasteiger partial charge in [-0.3, -0.25) is 4.57 Å². The summed E-state index contributed by atoms with van der Waals surface area (Å²) >= 11 is 0. The van der Waals surface area contributed by atoms with Crippen LogP contribution >= 0.6 is 0 Å². The molecule has 3 aromatic heterocycles. The van der Waals surface area contributed by atoms with Crippen LogP contribution < -0.4 is 0 Å². The number of nitrogens with zero attached hydrogens (tertiary/aromatic N) is 5. The highest BCUT2D eigenvalue weighted by molar-refractivity contribution is 6.13. The number of fused-ring (bicyclic) bond motifs is 6. The lowest BCUT2D eigenvalue weighted by Gasteiger charge is -2.11. The van der Waals surface area contributed by atoms with Crippen molar-refractivity contribution in [3.63, 3.8) is 0 Å². The van der Waals surface area contributed by atoms with E-state index < -0.39 is 0 Å². The third kappa shape index (κ3) is 4.63. The Bertz CT molecular complexity index is 2790. The quantitative estimate of drug-likeness (QED) is 0.195. The van der Waals surface area contributed by atoms with Gasteiger partial charge in [-0.05, 0) is 74.8 Å². The Balaban J connectivity index is 1.13. The number of hydrogen-bond acceptors (Lipinski definition) is 4. The molecule has 7 aromatic carbocycles. The summed E-state index contributed by atoms with van der Waals surface area (Å²) in [5.41, 5.74) is 4.93. The molecule has 49 heavy (non-hydrogen) atoms. The number of hydrogen-bond donors (Lipinski definition) is 0. The van der Waals surface area contributed by atoms with Gasteiger partial charge in [0.15, 0.2) is 17.5 Å².